The molecule has 0 heterocycles. The molecule has 0 saturated heterocycles. The van der Waals surface area contributed by atoms with Crippen molar-refractivity contribution in [2.45, 2.75) is 84.2 Å². The predicted octanol–water partition coefficient (Wildman–Crippen LogP) is 9.36. The summed E-state index contributed by atoms with van der Waals surface area (Å²) in [5.41, 5.74) is 3.81. The summed E-state index contributed by atoms with van der Waals surface area (Å²) in [7, 11) is 0. The number of ether oxygens (including phenoxy) is 1. The van der Waals surface area contributed by atoms with Gasteiger partial charge < -0.3 is 4.74 Å². The van der Waals surface area contributed by atoms with E-state index in [-0.39, 0.29) is 6.42 Å². The summed E-state index contributed by atoms with van der Waals surface area (Å²) in [6.45, 7) is 5.69. The van der Waals surface area contributed by atoms with Crippen LogP contribution in [0.3, 0.4) is 0 Å². The van der Waals surface area contributed by atoms with Gasteiger partial charge in [0, 0.05) is 0 Å². The van der Waals surface area contributed by atoms with E-state index < -0.39 is 11.6 Å². The van der Waals surface area contributed by atoms with E-state index in [2.05, 4.69) is 50.2 Å². The molecule has 3 rings (SSSR count). The van der Waals surface area contributed by atoms with Crippen molar-refractivity contribution < 1.29 is 13.9 Å². The van der Waals surface area contributed by atoms with Crippen LogP contribution in [0.1, 0.15) is 77.7 Å². The van der Waals surface area contributed by atoms with E-state index in [4.69, 9.17) is 4.74 Å². The van der Waals surface area contributed by atoms with E-state index in [9.17, 15) is 9.18 Å². The van der Waals surface area contributed by atoms with Crippen molar-refractivity contribution in [3.8, 4) is 28.0 Å². The van der Waals surface area contributed by atoms with Crippen LogP contribution in [0.2, 0.25) is 0 Å². The Labute approximate surface area is 210 Å². The largest absolute Gasteiger partial charge is 0.424 e. The summed E-state index contributed by atoms with van der Waals surface area (Å²) >= 11 is 0. The molecule has 0 saturated carbocycles. The van der Waals surface area contributed by atoms with Gasteiger partial charge in [0.15, 0.2) is 0 Å². The van der Waals surface area contributed by atoms with Crippen molar-refractivity contribution in [2.24, 2.45) is 0 Å². The molecule has 3 aromatic rings. The normalized spacial score (nSPS) is 12.8. The van der Waals surface area contributed by atoms with Gasteiger partial charge in [0.05, 0.1) is 0 Å². The lowest BCUT2D eigenvalue weighted by atomic mass is 9.94. The summed E-state index contributed by atoms with van der Waals surface area (Å²) in [6, 6.07) is 24.4. The Morgan fingerprint density at radius 3 is 1.86 bits per heavy atom. The van der Waals surface area contributed by atoms with Crippen molar-refractivity contribution in [1.29, 1.82) is 0 Å². The third-order valence-electron chi connectivity index (χ3n) is 6.53. The Morgan fingerprint density at radius 2 is 1.29 bits per heavy atom. The molecule has 0 aliphatic rings. The molecule has 0 aliphatic heterocycles. The number of hydrogen-bond donors (Lipinski definition) is 0. The smallest absolute Gasteiger partial charge is 0.348 e. The number of hydrogen-bond acceptors (Lipinski definition) is 2. The van der Waals surface area contributed by atoms with Gasteiger partial charge in [-0.05, 0) is 66.1 Å². The number of benzene rings is 3. The van der Waals surface area contributed by atoms with Crippen LogP contribution in [0.25, 0.3) is 22.3 Å². The Hall–Kier alpha value is -2.94. The molecule has 0 bridgehead atoms. The fraction of sp³-hybridized carbons (Fsp3) is 0.406. The zero-order valence-corrected chi connectivity index (χ0v) is 21.5. The number of alkyl halides is 1. The molecule has 2 nitrogen and oxygen atoms in total. The van der Waals surface area contributed by atoms with Crippen LogP contribution in [0, 0.1) is 0 Å². The second kappa shape index (κ2) is 13.2. The minimum absolute atomic E-state index is 0.195. The van der Waals surface area contributed by atoms with Crippen molar-refractivity contribution in [2.75, 3.05) is 0 Å². The highest BCUT2D eigenvalue weighted by Crippen LogP contribution is 2.33. The highest BCUT2D eigenvalue weighted by Gasteiger charge is 2.34. The van der Waals surface area contributed by atoms with Gasteiger partial charge in [-0.2, -0.15) is 0 Å². The van der Waals surface area contributed by atoms with Crippen LogP contribution in [-0.2, 0) is 11.2 Å². The van der Waals surface area contributed by atoms with Gasteiger partial charge >= 0.3 is 5.97 Å². The van der Waals surface area contributed by atoms with Crippen LogP contribution in [0.15, 0.2) is 72.8 Å². The fourth-order valence-electron chi connectivity index (χ4n) is 4.38. The molecule has 0 aromatic heterocycles. The van der Waals surface area contributed by atoms with E-state index in [1.807, 2.05) is 24.3 Å². The highest BCUT2D eigenvalue weighted by molar-refractivity contribution is 5.84. The first-order valence-corrected chi connectivity index (χ1v) is 13.1. The average Bonchev–Trinajstić information content (AvgIpc) is 2.87. The highest BCUT2D eigenvalue weighted by atomic mass is 19.1. The second-order valence-corrected chi connectivity index (χ2v) is 9.62. The minimum atomic E-state index is -1.97. The molecule has 0 aliphatic carbocycles. The summed E-state index contributed by atoms with van der Waals surface area (Å²) in [4.78, 5) is 12.5. The summed E-state index contributed by atoms with van der Waals surface area (Å²) in [5.74, 6) is -0.446. The number of esters is 1. The molecule has 0 amide bonds. The molecule has 0 spiro atoms. The van der Waals surface area contributed by atoms with Crippen LogP contribution >= 0.6 is 0 Å². The fourth-order valence-corrected chi connectivity index (χ4v) is 4.38. The van der Waals surface area contributed by atoms with Crippen LogP contribution in [0.5, 0.6) is 5.75 Å². The van der Waals surface area contributed by atoms with Crippen LogP contribution in [0.4, 0.5) is 4.39 Å². The van der Waals surface area contributed by atoms with Gasteiger partial charge in [0.1, 0.15) is 5.75 Å². The Balaban J connectivity index is 1.65. The quantitative estimate of drug-likeness (QED) is 0.140. The van der Waals surface area contributed by atoms with Crippen molar-refractivity contribution >= 4 is 5.97 Å². The molecule has 3 heteroatoms. The molecule has 186 valence electrons. The summed E-state index contributed by atoms with van der Waals surface area (Å²) < 4.78 is 20.3. The topological polar surface area (TPSA) is 26.3 Å². The van der Waals surface area contributed by atoms with Gasteiger partial charge in [0.25, 0.3) is 0 Å². The third kappa shape index (κ3) is 7.78. The second-order valence-electron chi connectivity index (χ2n) is 9.62. The Morgan fingerprint density at radius 1 is 0.743 bits per heavy atom. The lowest BCUT2D eigenvalue weighted by Gasteiger charge is -2.18. The first-order chi connectivity index (χ1) is 16.9. The summed E-state index contributed by atoms with van der Waals surface area (Å²) in [5, 5.41) is 0. The molecular formula is C32H39FO2. The van der Waals surface area contributed by atoms with Gasteiger partial charge in [-0.1, -0.05) is 113 Å². The van der Waals surface area contributed by atoms with Crippen LogP contribution in [-0.4, -0.2) is 11.6 Å². The molecule has 0 fully saturated rings. The first kappa shape index (κ1) is 26.7. The molecule has 0 radical (unpaired) electrons. The predicted molar refractivity (Wildman–Crippen MR) is 144 cm³/mol. The van der Waals surface area contributed by atoms with Crippen LogP contribution < -0.4 is 4.74 Å². The maximum atomic E-state index is 14.9. The number of carbonyl (C=O) groups excluding carboxylic acids is 1. The number of carbonyl (C=O) groups is 1. The van der Waals surface area contributed by atoms with Crippen molar-refractivity contribution in [3.05, 3.63) is 78.4 Å². The zero-order valence-electron chi connectivity index (χ0n) is 21.5. The van der Waals surface area contributed by atoms with Gasteiger partial charge in [-0.15, -0.1) is 0 Å². The standard InChI is InChI=1S/C32H39FO2/c1-4-6-7-8-9-12-24-32(3,33)31(34)35-28-22-20-27(21-23-28)30-15-11-10-14-29(30)26-18-16-25(13-5-2)17-19-26/h10-11,14-23H,4-9,12-13,24H2,1-3H3. The van der Waals surface area contributed by atoms with Gasteiger partial charge in [-0.25, -0.2) is 9.18 Å². The summed E-state index contributed by atoms with van der Waals surface area (Å²) in [6.07, 6.45) is 8.70. The lowest BCUT2D eigenvalue weighted by Crippen LogP contribution is -2.34. The SMILES string of the molecule is CCCCCCCCC(C)(F)C(=O)Oc1ccc(-c2ccccc2-c2ccc(CCC)cc2)cc1. The van der Waals surface area contributed by atoms with E-state index >= 15 is 0 Å². The van der Waals surface area contributed by atoms with E-state index in [0.29, 0.717) is 12.2 Å². The lowest BCUT2D eigenvalue weighted by molar-refractivity contribution is -0.147. The van der Waals surface area contributed by atoms with Crippen molar-refractivity contribution in [3.63, 3.8) is 0 Å². The maximum Gasteiger partial charge on any atom is 0.348 e. The third-order valence-corrected chi connectivity index (χ3v) is 6.53. The van der Waals surface area contributed by atoms with Gasteiger partial charge in [0.2, 0.25) is 5.67 Å². The molecule has 3 aromatic carbocycles. The first-order valence-electron chi connectivity index (χ1n) is 13.1. The van der Waals surface area contributed by atoms with Gasteiger partial charge in [-0.3, -0.25) is 0 Å². The monoisotopic (exact) mass is 474 g/mol. The average molecular weight is 475 g/mol. The Bertz CT molecular complexity index is 1050. The van der Waals surface area contributed by atoms with E-state index in [0.717, 1.165) is 42.4 Å². The molecule has 35 heavy (non-hydrogen) atoms. The Kier molecular flexibility index (Phi) is 10.1. The number of rotatable bonds is 13. The minimum Gasteiger partial charge on any atom is -0.424 e. The molecule has 1 atom stereocenters. The van der Waals surface area contributed by atoms with E-state index in [1.54, 1.807) is 12.1 Å². The molecule has 0 N–H and O–H groups in total. The number of halogens is 1. The maximum absolute atomic E-state index is 14.9. The number of aryl methyl sites for hydroxylation is 1. The van der Waals surface area contributed by atoms with E-state index in [1.165, 1.54) is 37.3 Å². The zero-order chi connectivity index (χ0) is 25.1. The number of unbranched alkanes of at least 4 members (excludes halogenated alkanes) is 5. The van der Waals surface area contributed by atoms with Crippen molar-refractivity contribution in [1.82, 2.24) is 0 Å². The molecule has 1 unspecified atom stereocenters. The molecular weight excluding hydrogens is 435 g/mol.